The first-order chi connectivity index (χ1) is 10.3. The van der Waals surface area contributed by atoms with Crippen molar-refractivity contribution >= 4 is 5.91 Å². The number of carbonyl (C=O) groups is 1. The molecule has 0 fully saturated rings. The Balaban J connectivity index is 2.34. The highest BCUT2D eigenvalue weighted by Gasteiger charge is 2.22. The van der Waals surface area contributed by atoms with Gasteiger partial charge in [-0.05, 0) is 38.8 Å². The first-order valence-electron chi connectivity index (χ1n) is 7.35. The zero-order chi connectivity index (χ0) is 16.4. The predicted octanol–water partition coefficient (Wildman–Crippen LogP) is 3.13. The molecule has 22 heavy (non-hydrogen) atoms. The fourth-order valence-corrected chi connectivity index (χ4v) is 2.52. The highest BCUT2D eigenvalue weighted by Crippen LogP contribution is 2.24. The van der Waals surface area contributed by atoms with Gasteiger partial charge in [0.25, 0.3) is 5.91 Å². The number of aromatic amines is 1. The minimum atomic E-state index is -0.269. The summed E-state index contributed by atoms with van der Waals surface area (Å²) in [5.41, 5.74) is 4.05. The van der Waals surface area contributed by atoms with Crippen molar-refractivity contribution in [1.82, 2.24) is 9.88 Å². The summed E-state index contributed by atoms with van der Waals surface area (Å²) in [6.45, 7) is 7.82. The monoisotopic (exact) mass is 298 g/mol. The molecule has 1 heterocycles. The van der Waals surface area contributed by atoms with Crippen LogP contribution in [0, 0.1) is 20.8 Å². The maximum atomic E-state index is 12.6. The summed E-state index contributed by atoms with van der Waals surface area (Å²) in [6, 6.07) is 7.54. The SMILES string of the molecule is Cc1ccc(C)c(C(C)N(C)C(=O)c2c[nH]c(C)cc2=O)c1. The summed E-state index contributed by atoms with van der Waals surface area (Å²) >= 11 is 0. The molecule has 1 N–H and O–H groups in total. The summed E-state index contributed by atoms with van der Waals surface area (Å²) < 4.78 is 0. The van der Waals surface area contributed by atoms with Crippen LogP contribution < -0.4 is 5.43 Å². The fourth-order valence-electron chi connectivity index (χ4n) is 2.52. The first-order valence-corrected chi connectivity index (χ1v) is 7.35. The van der Waals surface area contributed by atoms with Crippen molar-refractivity contribution < 1.29 is 4.79 Å². The molecule has 0 aliphatic carbocycles. The third-order valence-corrected chi connectivity index (χ3v) is 4.07. The van der Waals surface area contributed by atoms with Gasteiger partial charge in [0.15, 0.2) is 5.43 Å². The van der Waals surface area contributed by atoms with E-state index >= 15 is 0 Å². The Morgan fingerprint density at radius 1 is 1.18 bits per heavy atom. The number of amides is 1. The van der Waals surface area contributed by atoms with E-state index in [0.29, 0.717) is 0 Å². The molecule has 2 aromatic rings. The predicted molar refractivity (Wildman–Crippen MR) is 88.2 cm³/mol. The van der Waals surface area contributed by atoms with Crippen LogP contribution in [0.15, 0.2) is 35.3 Å². The second-order valence-corrected chi connectivity index (χ2v) is 5.85. The van der Waals surface area contributed by atoms with Gasteiger partial charge in [-0.1, -0.05) is 23.8 Å². The van der Waals surface area contributed by atoms with Crippen LogP contribution in [0.4, 0.5) is 0 Å². The lowest BCUT2D eigenvalue weighted by molar-refractivity contribution is 0.0740. The lowest BCUT2D eigenvalue weighted by atomic mass is 9.99. The van der Waals surface area contributed by atoms with E-state index in [1.807, 2.05) is 20.8 Å². The van der Waals surface area contributed by atoms with Crippen molar-refractivity contribution in [2.75, 3.05) is 7.05 Å². The molecule has 1 amide bonds. The number of hydrogen-bond acceptors (Lipinski definition) is 2. The van der Waals surface area contributed by atoms with Crippen molar-refractivity contribution in [2.45, 2.75) is 33.7 Å². The largest absolute Gasteiger partial charge is 0.364 e. The molecule has 0 aliphatic heterocycles. The maximum absolute atomic E-state index is 12.6. The van der Waals surface area contributed by atoms with Crippen LogP contribution in [0.5, 0.6) is 0 Å². The van der Waals surface area contributed by atoms with Crippen molar-refractivity contribution in [3.05, 3.63) is 68.6 Å². The lowest BCUT2D eigenvalue weighted by Gasteiger charge is -2.26. The normalized spacial score (nSPS) is 12.0. The van der Waals surface area contributed by atoms with Gasteiger partial charge >= 0.3 is 0 Å². The Morgan fingerprint density at radius 3 is 2.50 bits per heavy atom. The molecule has 0 spiro atoms. The summed E-state index contributed by atoms with van der Waals surface area (Å²) in [7, 11) is 1.73. The molecule has 0 aliphatic rings. The van der Waals surface area contributed by atoms with Gasteiger partial charge in [-0.15, -0.1) is 0 Å². The van der Waals surface area contributed by atoms with Crippen molar-refractivity contribution in [3.63, 3.8) is 0 Å². The molecule has 116 valence electrons. The Kier molecular flexibility index (Phi) is 4.50. The van der Waals surface area contributed by atoms with E-state index in [9.17, 15) is 9.59 Å². The number of nitrogens with one attached hydrogen (secondary N) is 1. The van der Waals surface area contributed by atoms with Crippen LogP contribution in [0.25, 0.3) is 0 Å². The van der Waals surface area contributed by atoms with E-state index in [1.165, 1.54) is 12.3 Å². The number of aryl methyl sites for hydroxylation is 3. The number of pyridine rings is 1. The van der Waals surface area contributed by atoms with Crippen LogP contribution in [0.3, 0.4) is 0 Å². The molecule has 0 saturated carbocycles. The molecule has 1 aromatic carbocycles. The third-order valence-electron chi connectivity index (χ3n) is 4.07. The van der Waals surface area contributed by atoms with Gasteiger partial charge in [-0.25, -0.2) is 0 Å². The molecule has 4 heteroatoms. The Hall–Kier alpha value is -2.36. The minimum absolute atomic E-state index is 0.104. The zero-order valence-electron chi connectivity index (χ0n) is 13.7. The maximum Gasteiger partial charge on any atom is 0.259 e. The van der Waals surface area contributed by atoms with Gasteiger partial charge in [-0.2, -0.15) is 0 Å². The molecule has 0 bridgehead atoms. The molecule has 2 rings (SSSR count). The van der Waals surface area contributed by atoms with E-state index in [0.717, 1.165) is 22.4 Å². The van der Waals surface area contributed by atoms with E-state index in [1.54, 1.807) is 18.9 Å². The van der Waals surface area contributed by atoms with Gasteiger partial charge in [0.2, 0.25) is 0 Å². The van der Waals surface area contributed by atoms with Crippen LogP contribution in [0.1, 0.15) is 45.7 Å². The van der Waals surface area contributed by atoms with E-state index in [-0.39, 0.29) is 22.9 Å². The minimum Gasteiger partial charge on any atom is -0.364 e. The average molecular weight is 298 g/mol. The summed E-state index contributed by atoms with van der Waals surface area (Å²) in [4.78, 5) is 29.1. The van der Waals surface area contributed by atoms with Crippen molar-refractivity contribution in [3.8, 4) is 0 Å². The smallest absolute Gasteiger partial charge is 0.259 e. The molecule has 1 aromatic heterocycles. The summed E-state index contributed by atoms with van der Waals surface area (Å²) in [5.74, 6) is -0.269. The number of carbonyl (C=O) groups excluding carboxylic acids is 1. The van der Waals surface area contributed by atoms with Gasteiger partial charge in [0.05, 0.1) is 6.04 Å². The Bertz CT molecular complexity index is 762. The molecular formula is C18H22N2O2. The number of benzene rings is 1. The zero-order valence-corrected chi connectivity index (χ0v) is 13.7. The molecule has 4 nitrogen and oxygen atoms in total. The lowest BCUT2D eigenvalue weighted by Crippen LogP contribution is -2.33. The number of rotatable bonds is 3. The average Bonchev–Trinajstić information content (AvgIpc) is 2.47. The Morgan fingerprint density at radius 2 is 1.86 bits per heavy atom. The number of hydrogen-bond donors (Lipinski definition) is 1. The molecule has 0 saturated heterocycles. The van der Waals surface area contributed by atoms with Gasteiger partial charge < -0.3 is 9.88 Å². The van der Waals surface area contributed by atoms with Crippen LogP contribution in [-0.4, -0.2) is 22.8 Å². The molecular weight excluding hydrogens is 276 g/mol. The van der Waals surface area contributed by atoms with E-state index in [4.69, 9.17) is 0 Å². The topological polar surface area (TPSA) is 53.2 Å². The number of H-pyrrole nitrogens is 1. The molecule has 1 unspecified atom stereocenters. The van der Waals surface area contributed by atoms with Crippen LogP contribution >= 0.6 is 0 Å². The quantitative estimate of drug-likeness (QED) is 0.946. The van der Waals surface area contributed by atoms with Gasteiger partial charge in [0.1, 0.15) is 5.56 Å². The first kappa shape index (κ1) is 16.0. The number of aromatic nitrogens is 1. The van der Waals surface area contributed by atoms with Gasteiger partial charge in [-0.3, -0.25) is 9.59 Å². The fraction of sp³-hybridized carbons (Fsp3) is 0.333. The Labute approximate surface area is 130 Å². The second-order valence-electron chi connectivity index (χ2n) is 5.85. The second kappa shape index (κ2) is 6.18. The van der Waals surface area contributed by atoms with Gasteiger partial charge in [0, 0.05) is 25.0 Å². The van der Waals surface area contributed by atoms with Crippen LogP contribution in [-0.2, 0) is 0 Å². The molecule has 0 radical (unpaired) electrons. The van der Waals surface area contributed by atoms with Crippen molar-refractivity contribution in [1.29, 1.82) is 0 Å². The van der Waals surface area contributed by atoms with E-state index < -0.39 is 0 Å². The summed E-state index contributed by atoms with van der Waals surface area (Å²) in [5, 5.41) is 0. The van der Waals surface area contributed by atoms with E-state index in [2.05, 4.69) is 23.2 Å². The highest BCUT2D eigenvalue weighted by atomic mass is 16.2. The van der Waals surface area contributed by atoms with Crippen molar-refractivity contribution in [2.24, 2.45) is 0 Å². The number of nitrogens with zero attached hydrogens (tertiary/aromatic N) is 1. The molecule has 1 atom stereocenters. The third kappa shape index (κ3) is 3.11. The summed E-state index contributed by atoms with van der Waals surface area (Å²) in [6.07, 6.45) is 1.49. The highest BCUT2D eigenvalue weighted by molar-refractivity contribution is 5.93. The standard InChI is InChI=1S/C18H22N2O2/c1-11-6-7-12(2)15(8-11)14(4)20(5)18(22)16-10-19-13(3)9-17(16)21/h6-10,14H,1-5H3,(H,19,21). The van der Waals surface area contributed by atoms with Crippen LogP contribution in [0.2, 0.25) is 0 Å².